The lowest BCUT2D eigenvalue weighted by Gasteiger charge is -2.37. The summed E-state index contributed by atoms with van der Waals surface area (Å²) in [6.45, 7) is 3.07. The highest BCUT2D eigenvalue weighted by molar-refractivity contribution is 4.86. The van der Waals surface area contributed by atoms with Crippen LogP contribution in [0.25, 0.3) is 0 Å². The second-order valence-corrected chi connectivity index (χ2v) is 6.17. The lowest BCUT2D eigenvalue weighted by atomic mass is 9.79. The molecule has 0 unspecified atom stereocenters. The van der Waals surface area contributed by atoms with Gasteiger partial charge in [0.05, 0.1) is 13.2 Å². The molecule has 1 rings (SSSR count). The van der Waals surface area contributed by atoms with Crippen molar-refractivity contribution in [3.05, 3.63) is 0 Å². The van der Waals surface area contributed by atoms with Crippen LogP contribution in [0, 0.1) is 5.41 Å². The summed E-state index contributed by atoms with van der Waals surface area (Å²) in [5.41, 5.74) is 0.147. The van der Waals surface area contributed by atoms with Crippen LogP contribution in [0.3, 0.4) is 0 Å². The third-order valence-electron chi connectivity index (χ3n) is 4.20. The first-order valence-electron chi connectivity index (χ1n) is 7.74. The fraction of sp³-hybridized carbons (Fsp3) is 1.00. The molecule has 0 bridgehead atoms. The van der Waals surface area contributed by atoms with Gasteiger partial charge in [-0.2, -0.15) is 0 Å². The van der Waals surface area contributed by atoms with Crippen molar-refractivity contribution in [2.75, 3.05) is 46.9 Å². The number of methoxy groups -OCH3 is 1. The van der Waals surface area contributed by atoms with Gasteiger partial charge < -0.3 is 15.0 Å². The van der Waals surface area contributed by atoms with E-state index in [1.807, 2.05) is 7.05 Å². The fourth-order valence-electron chi connectivity index (χ4n) is 3.27. The van der Waals surface area contributed by atoms with E-state index in [1.165, 1.54) is 25.7 Å². The van der Waals surface area contributed by atoms with Crippen molar-refractivity contribution < 1.29 is 13.5 Å². The van der Waals surface area contributed by atoms with E-state index in [9.17, 15) is 8.78 Å². The van der Waals surface area contributed by atoms with Crippen LogP contribution < -0.4 is 5.32 Å². The molecule has 0 heterocycles. The molecule has 20 heavy (non-hydrogen) atoms. The molecule has 1 fully saturated rings. The van der Waals surface area contributed by atoms with Gasteiger partial charge in [-0.25, -0.2) is 8.78 Å². The second-order valence-electron chi connectivity index (χ2n) is 6.17. The van der Waals surface area contributed by atoms with Gasteiger partial charge in [0.2, 0.25) is 0 Å². The Labute approximate surface area is 122 Å². The number of hydrogen-bond donors (Lipinski definition) is 1. The van der Waals surface area contributed by atoms with E-state index in [2.05, 4.69) is 5.32 Å². The predicted octanol–water partition coefficient (Wildman–Crippen LogP) is 2.76. The molecule has 0 aromatic heterocycles. The maximum Gasteiger partial charge on any atom is 0.251 e. The lowest BCUT2D eigenvalue weighted by molar-refractivity contribution is 0.0680. The summed E-state index contributed by atoms with van der Waals surface area (Å²) in [6, 6.07) is 0. The summed E-state index contributed by atoms with van der Waals surface area (Å²) in [6.07, 6.45) is 5.02. The number of halogens is 2. The van der Waals surface area contributed by atoms with Gasteiger partial charge in [-0.05, 0) is 25.3 Å². The normalized spacial score (nSPS) is 19.5. The van der Waals surface area contributed by atoms with Crippen LogP contribution in [0.1, 0.15) is 38.5 Å². The van der Waals surface area contributed by atoms with Gasteiger partial charge >= 0.3 is 0 Å². The zero-order valence-electron chi connectivity index (χ0n) is 13.0. The molecule has 1 saturated carbocycles. The minimum absolute atomic E-state index is 0.125. The average molecular weight is 292 g/mol. The standard InChI is InChI=1S/C15H30F2N2O/c1-19(11-14(16)17)13-15(12-18-9-10-20-2)7-5-3-4-6-8-15/h14,18H,3-13H2,1-2H3. The van der Waals surface area contributed by atoms with Gasteiger partial charge in [-0.1, -0.05) is 25.7 Å². The summed E-state index contributed by atoms with van der Waals surface area (Å²) >= 11 is 0. The van der Waals surface area contributed by atoms with Crippen molar-refractivity contribution in [3.8, 4) is 0 Å². The molecule has 1 aliphatic carbocycles. The molecule has 120 valence electrons. The molecule has 0 radical (unpaired) electrons. The van der Waals surface area contributed by atoms with Crippen molar-refractivity contribution in [1.82, 2.24) is 10.2 Å². The Kier molecular flexibility index (Phi) is 8.57. The fourth-order valence-corrected chi connectivity index (χ4v) is 3.27. The summed E-state index contributed by atoms with van der Waals surface area (Å²) < 4.78 is 30.1. The van der Waals surface area contributed by atoms with Gasteiger partial charge in [0, 0.05) is 26.7 Å². The molecule has 0 saturated heterocycles. The summed E-state index contributed by atoms with van der Waals surface area (Å²) in [4.78, 5) is 1.80. The summed E-state index contributed by atoms with van der Waals surface area (Å²) in [5.74, 6) is 0. The largest absolute Gasteiger partial charge is 0.383 e. The quantitative estimate of drug-likeness (QED) is 0.522. The van der Waals surface area contributed by atoms with Crippen LogP contribution in [-0.4, -0.2) is 58.3 Å². The lowest BCUT2D eigenvalue weighted by Crippen LogP contribution is -2.44. The molecule has 0 aliphatic heterocycles. The Bertz CT molecular complexity index is 244. The molecule has 0 atom stereocenters. The second kappa shape index (κ2) is 9.64. The van der Waals surface area contributed by atoms with Crippen LogP contribution in [0.15, 0.2) is 0 Å². The van der Waals surface area contributed by atoms with Gasteiger partial charge in [-0.3, -0.25) is 0 Å². The molecule has 5 heteroatoms. The molecule has 0 spiro atoms. The van der Waals surface area contributed by atoms with E-state index in [4.69, 9.17) is 4.74 Å². The van der Waals surface area contributed by atoms with Crippen LogP contribution in [0.2, 0.25) is 0 Å². The highest BCUT2D eigenvalue weighted by Gasteiger charge is 2.32. The number of nitrogens with one attached hydrogen (secondary N) is 1. The van der Waals surface area contributed by atoms with Crippen LogP contribution >= 0.6 is 0 Å². The third kappa shape index (κ3) is 6.95. The maximum absolute atomic E-state index is 12.5. The molecule has 1 aliphatic rings. The van der Waals surface area contributed by atoms with E-state index in [1.54, 1.807) is 12.0 Å². The first-order chi connectivity index (χ1) is 9.58. The van der Waals surface area contributed by atoms with E-state index in [0.717, 1.165) is 32.5 Å². The number of alkyl halides is 2. The Morgan fingerprint density at radius 3 is 2.40 bits per heavy atom. The van der Waals surface area contributed by atoms with Gasteiger partial charge in [-0.15, -0.1) is 0 Å². The van der Waals surface area contributed by atoms with E-state index in [0.29, 0.717) is 6.61 Å². The van der Waals surface area contributed by atoms with E-state index < -0.39 is 6.43 Å². The van der Waals surface area contributed by atoms with E-state index >= 15 is 0 Å². The molecular weight excluding hydrogens is 262 g/mol. The molecule has 1 N–H and O–H groups in total. The minimum Gasteiger partial charge on any atom is -0.383 e. The topological polar surface area (TPSA) is 24.5 Å². The van der Waals surface area contributed by atoms with Gasteiger partial charge in [0.1, 0.15) is 0 Å². The van der Waals surface area contributed by atoms with E-state index in [-0.39, 0.29) is 12.0 Å². The Morgan fingerprint density at radius 1 is 1.20 bits per heavy atom. The monoisotopic (exact) mass is 292 g/mol. The Hall–Kier alpha value is -0.260. The number of rotatable bonds is 9. The highest BCUT2D eigenvalue weighted by atomic mass is 19.3. The Balaban J connectivity index is 2.52. The predicted molar refractivity (Wildman–Crippen MR) is 78.4 cm³/mol. The molecule has 0 aromatic rings. The molecule has 0 amide bonds. The third-order valence-corrected chi connectivity index (χ3v) is 4.20. The van der Waals surface area contributed by atoms with Crippen molar-refractivity contribution in [2.24, 2.45) is 5.41 Å². The zero-order valence-corrected chi connectivity index (χ0v) is 13.0. The van der Waals surface area contributed by atoms with Crippen LogP contribution in [0.4, 0.5) is 8.78 Å². The molecular formula is C15H30F2N2O. The summed E-state index contributed by atoms with van der Waals surface area (Å²) in [5, 5.41) is 3.44. The van der Waals surface area contributed by atoms with Crippen molar-refractivity contribution >= 4 is 0 Å². The average Bonchev–Trinajstić information content (AvgIpc) is 2.60. The van der Waals surface area contributed by atoms with Crippen molar-refractivity contribution in [1.29, 1.82) is 0 Å². The van der Waals surface area contributed by atoms with Crippen LogP contribution in [-0.2, 0) is 4.74 Å². The van der Waals surface area contributed by atoms with Gasteiger partial charge in [0.25, 0.3) is 6.43 Å². The number of hydrogen-bond acceptors (Lipinski definition) is 3. The number of ether oxygens (including phenoxy) is 1. The molecule has 0 aromatic carbocycles. The van der Waals surface area contributed by atoms with Gasteiger partial charge in [0.15, 0.2) is 0 Å². The van der Waals surface area contributed by atoms with Crippen molar-refractivity contribution in [2.45, 2.75) is 45.0 Å². The highest BCUT2D eigenvalue weighted by Crippen LogP contribution is 2.35. The minimum atomic E-state index is -2.25. The SMILES string of the molecule is COCCNCC1(CN(C)CC(F)F)CCCCCC1. The molecule has 3 nitrogen and oxygen atoms in total. The smallest absolute Gasteiger partial charge is 0.251 e. The summed E-state index contributed by atoms with van der Waals surface area (Å²) in [7, 11) is 3.51. The van der Waals surface area contributed by atoms with Crippen molar-refractivity contribution in [3.63, 3.8) is 0 Å². The first kappa shape index (κ1) is 17.8. The van der Waals surface area contributed by atoms with Crippen LogP contribution in [0.5, 0.6) is 0 Å². The number of nitrogens with zero attached hydrogens (tertiary/aromatic N) is 1. The maximum atomic E-state index is 12.5. The first-order valence-corrected chi connectivity index (χ1v) is 7.74. The zero-order chi connectivity index (χ0) is 14.8. The Morgan fingerprint density at radius 2 is 1.85 bits per heavy atom.